The van der Waals surface area contributed by atoms with Crippen LogP contribution in [0, 0.1) is 0 Å². The van der Waals surface area contributed by atoms with Crippen molar-refractivity contribution in [1.82, 2.24) is 9.36 Å². The molecule has 0 atom stereocenters. The van der Waals surface area contributed by atoms with Crippen LogP contribution in [0.5, 0.6) is 0 Å². The van der Waals surface area contributed by atoms with Crippen molar-refractivity contribution in [3.63, 3.8) is 0 Å². The molecule has 0 radical (unpaired) electrons. The van der Waals surface area contributed by atoms with E-state index in [4.69, 9.17) is 5.11 Å². The molecule has 1 aromatic carbocycles. The lowest BCUT2D eigenvalue weighted by Gasteiger charge is -1.99. The van der Waals surface area contributed by atoms with E-state index in [1.54, 1.807) is 24.3 Å². The Morgan fingerprint density at radius 3 is 2.39 bits per heavy atom. The van der Waals surface area contributed by atoms with Gasteiger partial charge in [-0.05, 0) is 29.2 Å². The van der Waals surface area contributed by atoms with Crippen LogP contribution in [0.2, 0.25) is 0 Å². The van der Waals surface area contributed by atoms with Gasteiger partial charge >= 0.3 is 6.18 Å². The summed E-state index contributed by atoms with van der Waals surface area (Å²) in [6, 6.07) is 6.83. The topological polar surface area (TPSA) is 46.0 Å². The first-order valence-corrected chi connectivity index (χ1v) is 6.36. The van der Waals surface area contributed by atoms with Crippen LogP contribution in [-0.2, 0) is 12.8 Å². The maximum atomic E-state index is 12.3. The second-order valence-corrected chi connectivity index (χ2v) is 5.36. The standard InChI is InChI=1S/C10H7F3N2OS2/c11-10(12,13)8-14-9(18-15-8)17-7-3-1-6(5-16)2-4-7/h1-4,16H,5H2. The van der Waals surface area contributed by atoms with Crippen molar-refractivity contribution in [2.45, 2.75) is 22.0 Å². The lowest BCUT2D eigenvalue weighted by atomic mass is 10.2. The molecule has 2 rings (SSSR count). The van der Waals surface area contributed by atoms with Crippen LogP contribution in [0.4, 0.5) is 13.2 Å². The number of nitrogens with zero attached hydrogens (tertiary/aromatic N) is 2. The van der Waals surface area contributed by atoms with Gasteiger partial charge in [-0.15, -0.1) is 0 Å². The minimum absolute atomic E-state index is 0.0675. The second-order valence-electron chi connectivity index (χ2n) is 3.29. The van der Waals surface area contributed by atoms with Gasteiger partial charge in [0.25, 0.3) is 0 Å². The van der Waals surface area contributed by atoms with Crippen molar-refractivity contribution in [2.75, 3.05) is 0 Å². The highest BCUT2D eigenvalue weighted by atomic mass is 32.2. The van der Waals surface area contributed by atoms with Gasteiger partial charge in [0.1, 0.15) is 0 Å². The first kappa shape index (κ1) is 13.3. The third-order valence-electron chi connectivity index (χ3n) is 1.97. The SMILES string of the molecule is OCc1ccc(Sc2nc(C(F)(F)F)ns2)cc1. The van der Waals surface area contributed by atoms with E-state index < -0.39 is 12.0 Å². The molecule has 0 aliphatic carbocycles. The van der Waals surface area contributed by atoms with Crippen LogP contribution in [0.1, 0.15) is 11.4 Å². The molecule has 8 heteroatoms. The number of halogens is 3. The van der Waals surface area contributed by atoms with E-state index in [2.05, 4.69) is 9.36 Å². The number of alkyl halides is 3. The fourth-order valence-corrected chi connectivity index (χ4v) is 2.72. The Labute approximate surface area is 109 Å². The van der Waals surface area contributed by atoms with Crippen LogP contribution < -0.4 is 0 Å². The van der Waals surface area contributed by atoms with Gasteiger partial charge in [0.05, 0.1) is 6.61 Å². The normalized spacial score (nSPS) is 11.8. The Bertz CT molecular complexity index is 525. The van der Waals surface area contributed by atoms with Gasteiger partial charge < -0.3 is 5.11 Å². The quantitative estimate of drug-likeness (QED) is 0.943. The Hall–Kier alpha value is -1.12. The molecule has 0 fully saturated rings. The summed E-state index contributed by atoms with van der Waals surface area (Å²) in [5.41, 5.74) is 0.743. The summed E-state index contributed by atoms with van der Waals surface area (Å²) in [6.45, 7) is -0.0675. The van der Waals surface area contributed by atoms with Gasteiger partial charge in [-0.1, -0.05) is 23.9 Å². The molecule has 0 amide bonds. The third kappa shape index (κ3) is 3.21. The number of hydrogen-bond acceptors (Lipinski definition) is 5. The molecule has 0 saturated heterocycles. The Balaban J connectivity index is 2.11. The number of hydrogen-bond donors (Lipinski definition) is 1. The number of aromatic nitrogens is 2. The third-order valence-corrected chi connectivity index (χ3v) is 3.73. The molecular weight excluding hydrogens is 285 g/mol. The second kappa shape index (κ2) is 5.25. The molecule has 1 aromatic heterocycles. The predicted molar refractivity (Wildman–Crippen MR) is 61.4 cm³/mol. The minimum Gasteiger partial charge on any atom is -0.392 e. The fraction of sp³-hybridized carbons (Fsp3) is 0.200. The van der Waals surface area contributed by atoms with Crippen LogP contribution in [0.25, 0.3) is 0 Å². The lowest BCUT2D eigenvalue weighted by molar-refractivity contribution is -0.144. The molecule has 0 aliphatic rings. The summed E-state index contributed by atoms with van der Waals surface area (Å²) in [6.07, 6.45) is -4.50. The lowest BCUT2D eigenvalue weighted by Crippen LogP contribution is -2.06. The average molecular weight is 292 g/mol. The number of rotatable bonds is 3. The zero-order valence-electron chi connectivity index (χ0n) is 8.81. The van der Waals surface area contributed by atoms with E-state index in [1.807, 2.05) is 0 Å². The van der Waals surface area contributed by atoms with Gasteiger partial charge in [0, 0.05) is 4.90 Å². The number of aliphatic hydroxyl groups is 1. The molecule has 0 aliphatic heterocycles. The van der Waals surface area contributed by atoms with Crippen molar-refractivity contribution in [3.8, 4) is 0 Å². The van der Waals surface area contributed by atoms with Crippen molar-refractivity contribution in [3.05, 3.63) is 35.7 Å². The molecule has 0 spiro atoms. The summed E-state index contributed by atoms with van der Waals surface area (Å²) in [4.78, 5) is 4.16. The van der Waals surface area contributed by atoms with E-state index in [0.717, 1.165) is 22.2 Å². The smallest absolute Gasteiger partial charge is 0.392 e. The highest BCUT2D eigenvalue weighted by Gasteiger charge is 2.36. The van der Waals surface area contributed by atoms with E-state index in [-0.39, 0.29) is 10.9 Å². The van der Waals surface area contributed by atoms with Crippen molar-refractivity contribution >= 4 is 23.3 Å². The molecule has 3 nitrogen and oxygen atoms in total. The van der Waals surface area contributed by atoms with E-state index in [1.165, 1.54) is 0 Å². The van der Waals surface area contributed by atoms with Crippen LogP contribution >= 0.6 is 23.3 Å². The predicted octanol–water partition coefficient (Wildman–Crippen LogP) is 3.20. The molecule has 0 bridgehead atoms. The molecule has 96 valence electrons. The summed E-state index contributed by atoms with van der Waals surface area (Å²) in [5.74, 6) is -1.11. The van der Waals surface area contributed by atoms with Crippen LogP contribution in [-0.4, -0.2) is 14.5 Å². The monoisotopic (exact) mass is 292 g/mol. The number of aliphatic hydroxyl groups excluding tert-OH is 1. The summed E-state index contributed by atoms with van der Waals surface area (Å²) in [5, 5.41) is 8.86. The van der Waals surface area contributed by atoms with E-state index >= 15 is 0 Å². The Morgan fingerprint density at radius 2 is 1.89 bits per heavy atom. The fourth-order valence-electron chi connectivity index (χ4n) is 1.13. The summed E-state index contributed by atoms with van der Waals surface area (Å²) < 4.78 is 40.3. The maximum Gasteiger partial charge on any atom is 0.452 e. The minimum atomic E-state index is -4.50. The zero-order valence-corrected chi connectivity index (χ0v) is 10.4. The maximum absolute atomic E-state index is 12.3. The van der Waals surface area contributed by atoms with Crippen LogP contribution in [0.15, 0.2) is 33.5 Å². The largest absolute Gasteiger partial charge is 0.452 e. The van der Waals surface area contributed by atoms with Crippen molar-refractivity contribution < 1.29 is 18.3 Å². The average Bonchev–Trinajstić information content (AvgIpc) is 2.78. The summed E-state index contributed by atoms with van der Waals surface area (Å²) >= 11 is 1.82. The highest BCUT2D eigenvalue weighted by molar-refractivity contribution is 8.01. The Morgan fingerprint density at radius 1 is 1.22 bits per heavy atom. The van der Waals surface area contributed by atoms with E-state index in [9.17, 15) is 13.2 Å². The highest BCUT2D eigenvalue weighted by Crippen LogP contribution is 2.33. The van der Waals surface area contributed by atoms with Crippen molar-refractivity contribution in [1.29, 1.82) is 0 Å². The summed E-state index contributed by atoms with van der Waals surface area (Å²) in [7, 11) is 0. The van der Waals surface area contributed by atoms with Crippen molar-refractivity contribution in [2.24, 2.45) is 0 Å². The van der Waals surface area contributed by atoms with Gasteiger partial charge in [-0.25, -0.2) is 4.98 Å². The zero-order chi connectivity index (χ0) is 13.2. The van der Waals surface area contributed by atoms with Crippen LogP contribution in [0.3, 0.4) is 0 Å². The van der Waals surface area contributed by atoms with E-state index in [0.29, 0.717) is 11.5 Å². The molecule has 2 aromatic rings. The van der Waals surface area contributed by atoms with Gasteiger partial charge in [-0.2, -0.15) is 17.5 Å². The molecule has 18 heavy (non-hydrogen) atoms. The van der Waals surface area contributed by atoms with Gasteiger partial charge in [0.15, 0.2) is 4.34 Å². The first-order valence-electron chi connectivity index (χ1n) is 4.77. The van der Waals surface area contributed by atoms with Gasteiger partial charge in [0.2, 0.25) is 5.82 Å². The molecule has 0 saturated carbocycles. The molecular formula is C10H7F3N2OS2. The number of benzene rings is 1. The first-order chi connectivity index (χ1) is 8.49. The van der Waals surface area contributed by atoms with Gasteiger partial charge in [-0.3, -0.25) is 0 Å². The molecule has 1 heterocycles. The Kier molecular flexibility index (Phi) is 3.88. The molecule has 0 unspecified atom stereocenters. The molecule has 1 N–H and O–H groups in total.